The van der Waals surface area contributed by atoms with Gasteiger partial charge in [-0.25, -0.2) is 4.39 Å². The maximum atomic E-state index is 13.5. The highest BCUT2D eigenvalue weighted by Crippen LogP contribution is 2.47. The van der Waals surface area contributed by atoms with Crippen molar-refractivity contribution in [1.82, 2.24) is 0 Å². The fraction of sp³-hybridized carbons (Fsp3) is 0.462. The zero-order valence-electron chi connectivity index (χ0n) is 11.0. The summed E-state index contributed by atoms with van der Waals surface area (Å²) in [6, 6.07) is 9.15. The minimum atomic E-state index is -1.97. The number of carbonyl (C=O) groups is 1. The monoisotopic (exact) mass is 430 g/mol. The van der Waals surface area contributed by atoms with E-state index in [9.17, 15) is 13.4 Å². The van der Waals surface area contributed by atoms with Crippen LogP contribution in [-0.2, 0) is 25.4 Å². The van der Waals surface area contributed by atoms with E-state index >= 15 is 0 Å². The van der Waals surface area contributed by atoms with E-state index in [-0.39, 0.29) is 19.8 Å². The molecule has 0 spiro atoms. The molecule has 1 aromatic carbocycles. The Morgan fingerprint density at radius 2 is 2.00 bits per heavy atom. The summed E-state index contributed by atoms with van der Waals surface area (Å²) < 4.78 is 40.7. The number of benzene rings is 1. The first-order valence-electron chi connectivity index (χ1n) is 6.30. The van der Waals surface area contributed by atoms with Crippen molar-refractivity contribution in [2.45, 2.75) is 18.9 Å². The fourth-order valence-electron chi connectivity index (χ4n) is 1.82. The molecule has 1 aromatic rings. The van der Waals surface area contributed by atoms with Crippen LogP contribution in [0.15, 0.2) is 30.3 Å². The minimum absolute atomic E-state index is 0.0418. The predicted octanol–water partition coefficient (Wildman–Crippen LogP) is 3.73. The van der Waals surface area contributed by atoms with Gasteiger partial charge in [-0.05, 0) is 5.56 Å². The number of rotatable bonds is 8. The van der Waals surface area contributed by atoms with Crippen LogP contribution in [0.1, 0.15) is 5.56 Å². The number of esters is 1. The third-order valence-electron chi connectivity index (χ3n) is 2.95. The Bertz CT molecular complexity index is 463. The van der Waals surface area contributed by atoms with Crippen LogP contribution in [0, 0.1) is 5.92 Å². The third-order valence-corrected chi connectivity index (χ3v) is 4.16. The maximum absolute atomic E-state index is 13.5. The lowest BCUT2D eigenvalue weighted by Gasteiger charge is -2.05. The molecule has 1 aliphatic rings. The van der Waals surface area contributed by atoms with E-state index in [2.05, 4.69) is 4.52 Å². The Kier molecular flexibility index (Phi) is 6.73. The molecule has 0 heterocycles. The lowest BCUT2D eigenvalue weighted by atomic mass is 10.2. The Morgan fingerprint density at radius 3 is 2.67 bits per heavy atom. The minimum Gasteiger partial charge on any atom is -0.460 e. The summed E-state index contributed by atoms with van der Waals surface area (Å²) in [5.74, 6) is -1.50. The highest BCUT2D eigenvalue weighted by Gasteiger charge is 2.58. The van der Waals surface area contributed by atoms with E-state index in [4.69, 9.17) is 9.47 Å². The summed E-state index contributed by atoms with van der Waals surface area (Å²) in [7, 11) is 0. The first-order valence-corrected chi connectivity index (χ1v) is 10.2. The Balaban J connectivity index is 1.67. The maximum Gasteiger partial charge on any atom is 0.315 e. The zero-order chi connectivity index (χ0) is 15.2. The number of hydrogen-bond acceptors (Lipinski definition) is 4. The van der Waals surface area contributed by atoms with Gasteiger partial charge in [0, 0.05) is 22.0 Å². The Morgan fingerprint density at radius 1 is 1.29 bits per heavy atom. The molecule has 4 unspecified atom stereocenters. The van der Waals surface area contributed by atoms with Gasteiger partial charge in [0.25, 0.3) is 6.10 Å². The zero-order valence-corrected chi connectivity index (χ0v) is 14.0. The van der Waals surface area contributed by atoms with Crippen LogP contribution in [0.3, 0.4) is 0 Å². The summed E-state index contributed by atoms with van der Waals surface area (Å²) in [4.78, 5) is 11.7. The summed E-state index contributed by atoms with van der Waals surface area (Å²) in [6.07, 6.45) is -4.14. The van der Waals surface area contributed by atoms with Gasteiger partial charge in [0.1, 0.15) is 24.8 Å². The highest BCUT2D eigenvalue weighted by atomic mass is 127. The molecule has 1 aliphatic carbocycles. The lowest BCUT2D eigenvalue weighted by Crippen LogP contribution is -2.12. The molecule has 8 heteroatoms. The van der Waals surface area contributed by atoms with E-state index in [1.165, 1.54) is 22.0 Å². The predicted molar refractivity (Wildman–Crippen MR) is 82.4 cm³/mol. The van der Waals surface area contributed by atoms with Crippen LogP contribution in [0.2, 0.25) is 0 Å². The quantitative estimate of drug-likeness (QED) is 0.273. The second-order valence-electron chi connectivity index (χ2n) is 4.43. The van der Waals surface area contributed by atoms with Crippen molar-refractivity contribution in [2.75, 3.05) is 13.2 Å². The standard InChI is InChI=1S/C13H14F2IO4P/c14-11-10(12(11)18-6-7-20-21(15)16)13(17)19-8-9-4-2-1-3-5-9/h1-5,10-12H,6-8H2. The van der Waals surface area contributed by atoms with Gasteiger partial charge in [0.05, 0.1) is 13.2 Å². The lowest BCUT2D eigenvalue weighted by molar-refractivity contribution is -0.148. The molecule has 2 rings (SSSR count). The van der Waals surface area contributed by atoms with Gasteiger partial charge in [-0.15, -0.1) is 0 Å². The van der Waals surface area contributed by atoms with E-state index in [1.54, 1.807) is 0 Å². The topological polar surface area (TPSA) is 44.8 Å². The van der Waals surface area contributed by atoms with Crippen molar-refractivity contribution < 1.29 is 27.4 Å². The highest BCUT2D eigenvalue weighted by molar-refractivity contribution is 14.2. The molecule has 4 nitrogen and oxygen atoms in total. The molecule has 116 valence electrons. The van der Waals surface area contributed by atoms with Crippen molar-refractivity contribution in [3.8, 4) is 0 Å². The molecule has 21 heavy (non-hydrogen) atoms. The van der Waals surface area contributed by atoms with Crippen LogP contribution in [-0.4, -0.2) is 31.5 Å². The summed E-state index contributed by atoms with van der Waals surface area (Å²) in [6.45, 7) is 0.207. The van der Waals surface area contributed by atoms with Gasteiger partial charge in [-0.3, -0.25) is 4.79 Å². The number of halogens is 3. The normalized spacial score (nSPS) is 25.4. The SMILES string of the molecule is O=C(OCc1ccccc1)C1C(F)C1OCCOP(F)I. The van der Waals surface area contributed by atoms with Crippen LogP contribution in [0.5, 0.6) is 0 Å². The molecule has 0 saturated heterocycles. The first-order chi connectivity index (χ1) is 10.1. The van der Waals surface area contributed by atoms with Crippen molar-refractivity contribution >= 4 is 34.1 Å². The number of alkyl halides is 1. The Hall–Kier alpha value is -0.370. The van der Waals surface area contributed by atoms with Crippen LogP contribution in [0.4, 0.5) is 8.59 Å². The second kappa shape index (κ2) is 8.31. The summed E-state index contributed by atoms with van der Waals surface area (Å²) >= 11 is 1.52. The largest absolute Gasteiger partial charge is 0.460 e. The van der Waals surface area contributed by atoms with Gasteiger partial charge in [0.15, 0.2) is 0 Å². The fourth-order valence-corrected chi connectivity index (χ4v) is 2.63. The third kappa shape index (κ3) is 5.39. The molecular formula is C13H14F2IO4P. The molecule has 0 amide bonds. The van der Waals surface area contributed by atoms with E-state index < -0.39 is 30.3 Å². The molecule has 0 radical (unpaired) electrons. The van der Waals surface area contributed by atoms with Crippen molar-refractivity contribution in [3.63, 3.8) is 0 Å². The van der Waals surface area contributed by atoms with Crippen LogP contribution in [0.25, 0.3) is 0 Å². The van der Waals surface area contributed by atoms with Gasteiger partial charge in [0.2, 0.25) is 0 Å². The van der Waals surface area contributed by atoms with Gasteiger partial charge in [-0.2, -0.15) is 4.20 Å². The molecule has 0 N–H and O–H groups in total. The average Bonchev–Trinajstić information content (AvgIpc) is 3.12. The van der Waals surface area contributed by atoms with Crippen molar-refractivity contribution in [2.24, 2.45) is 5.92 Å². The molecule has 1 saturated carbocycles. The smallest absolute Gasteiger partial charge is 0.315 e. The molecule has 1 fully saturated rings. The van der Waals surface area contributed by atoms with Crippen LogP contribution >= 0.6 is 28.1 Å². The summed E-state index contributed by atoms with van der Waals surface area (Å²) in [5.41, 5.74) is 0.839. The summed E-state index contributed by atoms with van der Waals surface area (Å²) in [5, 5.41) is 0. The molecule has 0 bridgehead atoms. The number of hydrogen-bond donors (Lipinski definition) is 0. The number of carbonyl (C=O) groups excluding carboxylic acids is 1. The average molecular weight is 430 g/mol. The first kappa shape index (κ1) is 17.0. The molecule has 0 aromatic heterocycles. The van der Waals surface area contributed by atoms with Gasteiger partial charge >= 0.3 is 5.97 Å². The molecule has 4 atom stereocenters. The number of ether oxygens (including phenoxy) is 2. The van der Waals surface area contributed by atoms with E-state index in [0.717, 1.165) is 5.56 Å². The van der Waals surface area contributed by atoms with E-state index in [0.29, 0.717) is 0 Å². The second-order valence-corrected chi connectivity index (χ2v) is 7.37. The molecule has 0 aliphatic heterocycles. The van der Waals surface area contributed by atoms with Crippen LogP contribution < -0.4 is 0 Å². The molecular weight excluding hydrogens is 416 g/mol. The van der Waals surface area contributed by atoms with Gasteiger partial charge < -0.3 is 14.0 Å². The van der Waals surface area contributed by atoms with Gasteiger partial charge in [-0.1, -0.05) is 30.3 Å². The Labute approximate surface area is 135 Å². The van der Waals surface area contributed by atoms with E-state index in [1.807, 2.05) is 30.3 Å². The van der Waals surface area contributed by atoms with Crippen molar-refractivity contribution in [3.05, 3.63) is 35.9 Å². The van der Waals surface area contributed by atoms with Crippen molar-refractivity contribution in [1.29, 1.82) is 0 Å².